The molecule has 2 rings (SSSR count). The lowest BCUT2D eigenvalue weighted by Gasteiger charge is -1.96. The number of hydrogen-bond acceptors (Lipinski definition) is 1. The topological polar surface area (TPSA) is 17.3 Å². The minimum Gasteiger partial charge on any atom is -0.306 e. The van der Waals surface area contributed by atoms with Crippen molar-refractivity contribution in [2.24, 2.45) is 0 Å². The van der Waals surface area contributed by atoms with E-state index in [1.54, 1.807) is 22.9 Å². The van der Waals surface area contributed by atoms with Crippen molar-refractivity contribution in [3.63, 3.8) is 0 Å². The van der Waals surface area contributed by atoms with Crippen molar-refractivity contribution < 1.29 is 8.78 Å². The van der Waals surface area contributed by atoms with Crippen molar-refractivity contribution in [1.29, 1.82) is 0 Å². The first-order valence-electron chi connectivity index (χ1n) is 4.93. The van der Waals surface area contributed by atoms with Crippen molar-refractivity contribution in [1.82, 2.24) is 9.38 Å². The second-order valence-corrected chi connectivity index (χ2v) is 3.51. The van der Waals surface area contributed by atoms with Crippen LogP contribution in [0.1, 0.15) is 5.69 Å². The molecule has 0 radical (unpaired) electrons. The molecular formula is C13H10F2N2. The first kappa shape index (κ1) is 11.3. The minimum atomic E-state index is -0.854. The molecular weight excluding hydrogens is 222 g/mol. The smallest absolute Gasteiger partial charge is 0.137 e. The maximum Gasteiger partial charge on any atom is 0.137 e. The predicted octanol–water partition coefficient (Wildman–Crippen LogP) is 3.68. The number of fused-ring (bicyclic) bond motifs is 1. The predicted molar refractivity (Wildman–Crippen MR) is 63.7 cm³/mol. The van der Waals surface area contributed by atoms with E-state index in [0.717, 1.165) is 0 Å². The molecule has 0 spiro atoms. The largest absolute Gasteiger partial charge is 0.306 e. The quantitative estimate of drug-likeness (QED) is 0.738. The van der Waals surface area contributed by atoms with Crippen LogP contribution in [0, 0.1) is 0 Å². The first-order chi connectivity index (χ1) is 8.08. The SMILES string of the molecule is C=C(F)/C=C(/F)C(=C)c1cn2ccccc2n1. The molecule has 0 aliphatic heterocycles. The Balaban J connectivity index is 2.40. The Morgan fingerprint density at radius 1 is 1.29 bits per heavy atom. The Bertz CT molecular complexity index is 590. The van der Waals surface area contributed by atoms with Gasteiger partial charge in [0.1, 0.15) is 17.3 Å². The third-order valence-electron chi connectivity index (χ3n) is 2.24. The summed E-state index contributed by atoms with van der Waals surface area (Å²) in [6.07, 6.45) is 4.10. The fraction of sp³-hybridized carbons (Fsp3) is 0. The summed E-state index contributed by atoms with van der Waals surface area (Å²) in [5.74, 6) is -1.63. The van der Waals surface area contributed by atoms with Gasteiger partial charge in [0.2, 0.25) is 0 Å². The van der Waals surface area contributed by atoms with Gasteiger partial charge in [0.05, 0.1) is 5.69 Å². The van der Waals surface area contributed by atoms with E-state index in [0.29, 0.717) is 17.4 Å². The third kappa shape index (κ3) is 2.30. The Morgan fingerprint density at radius 2 is 2.06 bits per heavy atom. The van der Waals surface area contributed by atoms with Crippen molar-refractivity contribution in [2.45, 2.75) is 0 Å². The van der Waals surface area contributed by atoms with E-state index < -0.39 is 11.7 Å². The maximum atomic E-state index is 13.5. The molecule has 0 unspecified atom stereocenters. The minimum absolute atomic E-state index is 0.0347. The Hall–Kier alpha value is -2.23. The number of allylic oxidation sites excluding steroid dienone is 4. The molecule has 0 bridgehead atoms. The average Bonchev–Trinajstić information content (AvgIpc) is 2.70. The molecule has 2 heterocycles. The highest BCUT2D eigenvalue weighted by Gasteiger charge is 2.09. The lowest BCUT2D eigenvalue weighted by molar-refractivity contribution is 0.637. The zero-order valence-electron chi connectivity index (χ0n) is 9.03. The highest BCUT2D eigenvalue weighted by atomic mass is 19.1. The molecule has 0 saturated heterocycles. The molecule has 2 aromatic rings. The zero-order valence-corrected chi connectivity index (χ0v) is 9.03. The van der Waals surface area contributed by atoms with E-state index in [1.807, 2.05) is 12.1 Å². The number of imidazole rings is 1. The molecule has 2 nitrogen and oxygen atoms in total. The standard InChI is InChI=1S/C13H10F2N2/c1-9(14)7-11(15)10(2)12-8-17-6-4-3-5-13(17)16-12/h3-8H,1-2H2/b11-7+. The van der Waals surface area contributed by atoms with E-state index in [2.05, 4.69) is 18.1 Å². The molecule has 0 aliphatic rings. The van der Waals surface area contributed by atoms with Crippen LogP contribution in [0.25, 0.3) is 11.2 Å². The molecule has 0 amide bonds. The first-order valence-corrected chi connectivity index (χ1v) is 4.93. The van der Waals surface area contributed by atoms with Crippen LogP contribution in [0.2, 0.25) is 0 Å². The molecule has 86 valence electrons. The van der Waals surface area contributed by atoms with Gasteiger partial charge in [-0.2, -0.15) is 0 Å². The van der Waals surface area contributed by atoms with Crippen LogP contribution < -0.4 is 0 Å². The average molecular weight is 232 g/mol. The van der Waals surface area contributed by atoms with E-state index in [9.17, 15) is 8.78 Å². The normalized spacial score (nSPS) is 11.8. The van der Waals surface area contributed by atoms with Crippen LogP contribution in [0.4, 0.5) is 8.78 Å². The lowest BCUT2D eigenvalue weighted by atomic mass is 10.2. The Morgan fingerprint density at radius 3 is 2.71 bits per heavy atom. The van der Waals surface area contributed by atoms with Gasteiger partial charge >= 0.3 is 0 Å². The summed E-state index contributed by atoms with van der Waals surface area (Å²) in [6.45, 7) is 6.51. The van der Waals surface area contributed by atoms with Crippen molar-refractivity contribution >= 4 is 11.2 Å². The summed E-state index contributed by atoms with van der Waals surface area (Å²) in [6, 6.07) is 5.44. The van der Waals surface area contributed by atoms with E-state index in [1.165, 1.54) is 0 Å². The molecule has 0 aromatic carbocycles. The molecule has 17 heavy (non-hydrogen) atoms. The van der Waals surface area contributed by atoms with Gasteiger partial charge in [-0.25, -0.2) is 13.8 Å². The molecule has 0 atom stereocenters. The third-order valence-corrected chi connectivity index (χ3v) is 2.24. The fourth-order valence-corrected chi connectivity index (χ4v) is 1.43. The van der Waals surface area contributed by atoms with Crippen LogP contribution in [-0.4, -0.2) is 9.38 Å². The number of aromatic nitrogens is 2. The van der Waals surface area contributed by atoms with Gasteiger partial charge in [0.15, 0.2) is 0 Å². The second kappa shape index (κ2) is 4.33. The van der Waals surface area contributed by atoms with Crippen LogP contribution in [0.5, 0.6) is 0 Å². The van der Waals surface area contributed by atoms with Crippen LogP contribution in [-0.2, 0) is 0 Å². The summed E-state index contributed by atoms with van der Waals surface area (Å²) in [5.41, 5.74) is 1.08. The van der Waals surface area contributed by atoms with Gasteiger partial charge in [-0.05, 0) is 12.1 Å². The molecule has 4 heteroatoms. The summed E-state index contributed by atoms with van der Waals surface area (Å²) in [5, 5.41) is 0. The van der Waals surface area contributed by atoms with E-state index >= 15 is 0 Å². The highest BCUT2D eigenvalue weighted by Crippen LogP contribution is 2.23. The van der Waals surface area contributed by atoms with Gasteiger partial charge in [-0.3, -0.25) is 0 Å². The molecule has 0 fully saturated rings. The summed E-state index contributed by atoms with van der Waals surface area (Å²) < 4.78 is 27.7. The van der Waals surface area contributed by atoms with Gasteiger partial charge < -0.3 is 4.40 Å². The van der Waals surface area contributed by atoms with Crippen LogP contribution in [0.3, 0.4) is 0 Å². The van der Waals surface area contributed by atoms with Crippen molar-refractivity contribution in [3.05, 3.63) is 67.2 Å². The number of rotatable bonds is 3. The highest BCUT2D eigenvalue weighted by molar-refractivity contribution is 5.74. The number of hydrogen-bond donors (Lipinski definition) is 0. The maximum absolute atomic E-state index is 13.5. The van der Waals surface area contributed by atoms with Crippen molar-refractivity contribution in [2.75, 3.05) is 0 Å². The lowest BCUT2D eigenvalue weighted by Crippen LogP contribution is -1.83. The molecule has 2 aromatic heterocycles. The number of halogens is 2. The van der Waals surface area contributed by atoms with E-state index in [-0.39, 0.29) is 5.57 Å². The van der Waals surface area contributed by atoms with Crippen LogP contribution >= 0.6 is 0 Å². The fourth-order valence-electron chi connectivity index (χ4n) is 1.43. The molecule has 0 saturated carbocycles. The van der Waals surface area contributed by atoms with Gasteiger partial charge in [-0.1, -0.05) is 19.2 Å². The Labute approximate surface area is 97.2 Å². The second-order valence-electron chi connectivity index (χ2n) is 3.51. The molecule has 0 aliphatic carbocycles. The monoisotopic (exact) mass is 232 g/mol. The summed E-state index contributed by atoms with van der Waals surface area (Å²) in [4.78, 5) is 4.17. The van der Waals surface area contributed by atoms with Gasteiger partial charge in [-0.15, -0.1) is 0 Å². The summed E-state index contributed by atoms with van der Waals surface area (Å²) in [7, 11) is 0. The van der Waals surface area contributed by atoms with Gasteiger partial charge in [0, 0.05) is 24.0 Å². The van der Waals surface area contributed by atoms with Gasteiger partial charge in [0.25, 0.3) is 0 Å². The van der Waals surface area contributed by atoms with Crippen LogP contribution in [0.15, 0.2) is 61.5 Å². The Kier molecular flexibility index (Phi) is 2.87. The number of nitrogens with zero attached hydrogens (tertiary/aromatic N) is 2. The van der Waals surface area contributed by atoms with E-state index in [4.69, 9.17) is 0 Å². The molecule has 0 N–H and O–H groups in total. The number of pyridine rings is 1. The zero-order chi connectivity index (χ0) is 12.4. The summed E-state index contributed by atoms with van der Waals surface area (Å²) >= 11 is 0. The van der Waals surface area contributed by atoms with Crippen molar-refractivity contribution in [3.8, 4) is 0 Å².